The van der Waals surface area contributed by atoms with Crippen molar-refractivity contribution in [1.82, 2.24) is 20.2 Å². The van der Waals surface area contributed by atoms with Crippen molar-refractivity contribution in [3.63, 3.8) is 0 Å². The first-order valence-corrected chi connectivity index (χ1v) is 8.83. The van der Waals surface area contributed by atoms with E-state index in [2.05, 4.69) is 25.5 Å². The monoisotopic (exact) mass is 429 g/mol. The average molecular weight is 429 g/mol. The highest BCUT2D eigenvalue weighted by atomic mass is 19.4. The first kappa shape index (κ1) is 20.1. The fourth-order valence-corrected chi connectivity index (χ4v) is 2.59. The summed E-state index contributed by atoms with van der Waals surface area (Å²) in [6, 6.07) is 12.9. The van der Waals surface area contributed by atoms with Crippen molar-refractivity contribution in [2.75, 3.05) is 12.4 Å². The molecular formula is C20H14F3N5O3. The minimum Gasteiger partial charge on any atom is -0.481 e. The maximum Gasteiger partial charge on any atom is 0.416 e. The zero-order chi connectivity index (χ0) is 21.8. The lowest BCUT2D eigenvalue weighted by atomic mass is 10.2. The number of hydrogen-bond donors (Lipinski definition) is 1. The highest BCUT2D eigenvalue weighted by Gasteiger charge is 2.30. The van der Waals surface area contributed by atoms with Gasteiger partial charge in [-0.05, 0) is 36.4 Å². The maximum atomic E-state index is 12.9. The Hall–Kier alpha value is -4.15. The van der Waals surface area contributed by atoms with E-state index in [0.29, 0.717) is 17.2 Å². The first-order valence-electron chi connectivity index (χ1n) is 8.83. The van der Waals surface area contributed by atoms with Gasteiger partial charge in [-0.3, -0.25) is 0 Å². The lowest BCUT2D eigenvalue weighted by Gasteiger charge is -2.08. The SMILES string of the molecule is COc1cc(Oc2cccc(-c3nnc(Nc4cccc(C(F)(F)F)c4)o3)c2)ncn1. The minimum atomic E-state index is -4.45. The second-order valence-electron chi connectivity index (χ2n) is 6.14. The number of benzene rings is 2. The van der Waals surface area contributed by atoms with Crippen LogP contribution in [0.1, 0.15) is 5.56 Å². The van der Waals surface area contributed by atoms with Crippen LogP contribution in [0.5, 0.6) is 17.5 Å². The standard InChI is InChI=1S/C20H14F3N5O3/c1-29-16-10-17(25-11-24-16)30-15-7-2-4-12(8-15)18-27-28-19(31-18)26-14-6-3-5-13(9-14)20(21,22)23/h2-11H,1H3,(H,26,28). The van der Waals surface area contributed by atoms with Crippen LogP contribution in [0.15, 0.2) is 65.3 Å². The predicted octanol–water partition coefficient (Wildman–Crippen LogP) is 5.09. The van der Waals surface area contributed by atoms with Crippen LogP contribution >= 0.6 is 0 Å². The van der Waals surface area contributed by atoms with Gasteiger partial charge in [0.2, 0.25) is 17.7 Å². The molecule has 2 heterocycles. The van der Waals surface area contributed by atoms with Crippen LogP contribution in [0.25, 0.3) is 11.5 Å². The van der Waals surface area contributed by atoms with Gasteiger partial charge in [0.1, 0.15) is 12.1 Å². The summed E-state index contributed by atoms with van der Waals surface area (Å²) < 4.78 is 54.8. The lowest BCUT2D eigenvalue weighted by molar-refractivity contribution is -0.137. The number of aromatic nitrogens is 4. The Labute approximate surface area is 173 Å². The summed E-state index contributed by atoms with van der Waals surface area (Å²) in [6.07, 6.45) is -3.15. The second-order valence-corrected chi connectivity index (χ2v) is 6.14. The fraction of sp³-hybridized carbons (Fsp3) is 0.100. The smallest absolute Gasteiger partial charge is 0.416 e. The van der Waals surface area contributed by atoms with E-state index in [9.17, 15) is 13.2 Å². The van der Waals surface area contributed by atoms with E-state index in [0.717, 1.165) is 12.1 Å². The molecule has 1 N–H and O–H groups in total. The van der Waals surface area contributed by atoms with Crippen LogP contribution < -0.4 is 14.8 Å². The molecule has 11 heteroatoms. The van der Waals surface area contributed by atoms with Gasteiger partial charge in [-0.1, -0.05) is 17.2 Å². The largest absolute Gasteiger partial charge is 0.481 e. The van der Waals surface area contributed by atoms with Gasteiger partial charge >= 0.3 is 12.2 Å². The molecule has 0 aliphatic rings. The molecule has 0 bridgehead atoms. The molecule has 8 nitrogen and oxygen atoms in total. The molecule has 0 radical (unpaired) electrons. The van der Waals surface area contributed by atoms with Gasteiger partial charge in [0.15, 0.2) is 0 Å². The lowest BCUT2D eigenvalue weighted by Crippen LogP contribution is -2.05. The summed E-state index contributed by atoms with van der Waals surface area (Å²) in [5.41, 5.74) is -0.0774. The van der Waals surface area contributed by atoms with Gasteiger partial charge in [0, 0.05) is 11.3 Å². The fourth-order valence-electron chi connectivity index (χ4n) is 2.59. The molecule has 31 heavy (non-hydrogen) atoms. The number of alkyl halides is 3. The first-order chi connectivity index (χ1) is 14.9. The molecular weight excluding hydrogens is 415 g/mol. The quantitative estimate of drug-likeness (QED) is 0.453. The molecule has 0 spiro atoms. The normalized spacial score (nSPS) is 11.2. The Morgan fingerprint density at radius 3 is 2.55 bits per heavy atom. The third-order valence-corrected chi connectivity index (χ3v) is 4.00. The second kappa shape index (κ2) is 8.30. The van der Waals surface area contributed by atoms with E-state index in [1.165, 1.54) is 31.6 Å². The Morgan fingerprint density at radius 2 is 1.74 bits per heavy atom. The number of nitrogens with zero attached hydrogens (tertiary/aromatic N) is 4. The number of nitrogens with one attached hydrogen (secondary N) is 1. The zero-order valence-corrected chi connectivity index (χ0v) is 15.9. The van der Waals surface area contributed by atoms with Crippen LogP contribution in [0.3, 0.4) is 0 Å². The Balaban J connectivity index is 1.51. The van der Waals surface area contributed by atoms with E-state index < -0.39 is 11.7 Å². The number of rotatable bonds is 6. The summed E-state index contributed by atoms with van der Waals surface area (Å²) in [4.78, 5) is 7.91. The Bertz CT molecular complexity index is 1200. The van der Waals surface area contributed by atoms with E-state index in [-0.39, 0.29) is 23.5 Å². The summed E-state index contributed by atoms with van der Waals surface area (Å²) in [5, 5.41) is 10.4. The summed E-state index contributed by atoms with van der Waals surface area (Å²) in [6.45, 7) is 0. The van der Waals surface area contributed by atoms with Crippen molar-refractivity contribution in [3.8, 4) is 29.0 Å². The summed E-state index contributed by atoms with van der Waals surface area (Å²) >= 11 is 0. The van der Waals surface area contributed by atoms with E-state index >= 15 is 0 Å². The molecule has 0 aliphatic carbocycles. The molecule has 4 rings (SSSR count). The molecule has 0 saturated heterocycles. The molecule has 158 valence electrons. The number of anilines is 2. The van der Waals surface area contributed by atoms with Gasteiger partial charge in [-0.2, -0.15) is 13.2 Å². The van der Waals surface area contributed by atoms with Gasteiger partial charge in [-0.25, -0.2) is 9.97 Å². The van der Waals surface area contributed by atoms with Crippen molar-refractivity contribution in [2.45, 2.75) is 6.18 Å². The number of ether oxygens (including phenoxy) is 2. The minimum absolute atomic E-state index is 0.0545. The Kier molecular flexibility index (Phi) is 5.39. The highest BCUT2D eigenvalue weighted by molar-refractivity contribution is 5.59. The number of methoxy groups -OCH3 is 1. The van der Waals surface area contributed by atoms with Gasteiger partial charge in [0.05, 0.1) is 18.7 Å². The maximum absolute atomic E-state index is 12.9. The van der Waals surface area contributed by atoms with Crippen LogP contribution in [-0.2, 0) is 6.18 Å². The van der Waals surface area contributed by atoms with Crippen LogP contribution in [0, 0.1) is 0 Å². The van der Waals surface area contributed by atoms with Crippen LogP contribution in [-0.4, -0.2) is 27.3 Å². The van der Waals surface area contributed by atoms with Crippen molar-refractivity contribution in [1.29, 1.82) is 0 Å². The van der Waals surface area contributed by atoms with E-state index in [1.54, 1.807) is 24.3 Å². The van der Waals surface area contributed by atoms with E-state index in [1.807, 2.05) is 0 Å². The molecule has 0 unspecified atom stereocenters. The molecule has 0 fully saturated rings. The molecule has 0 saturated carbocycles. The third-order valence-electron chi connectivity index (χ3n) is 4.00. The third kappa shape index (κ3) is 4.89. The van der Waals surface area contributed by atoms with E-state index in [4.69, 9.17) is 13.9 Å². The van der Waals surface area contributed by atoms with Gasteiger partial charge in [0.25, 0.3) is 0 Å². The van der Waals surface area contributed by atoms with Crippen LogP contribution in [0.4, 0.5) is 24.9 Å². The molecule has 0 aliphatic heterocycles. The van der Waals surface area contributed by atoms with Gasteiger partial charge in [-0.15, -0.1) is 5.10 Å². The topological polar surface area (TPSA) is 95.2 Å². The number of hydrogen-bond acceptors (Lipinski definition) is 8. The summed E-state index contributed by atoms with van der Waals surface area (Å²) in [7, 11) is 1.48. The molecule has 0 amide bonds. The zero-order valence-electron chi connectivity index (χ0n) is 15.9. The van der Waals surface area contributed by atoms with Crippen molar-refractivity contribution in [2.24, 2.45) is 0 Å². The molecule has 2 aromatic heterocycles. The van der Waals surface area contributed by atoms with Crippen molar-refractivity contribution in [3.05, 3.63) is 66.5 Å². The van der Waals surface area contributed by atoms with Crippen LogP contribution in [0.2, 0.25) is 0 Å². The number of halogens is 3. The molecule has 2 aromatic carbocycles. The van der Waals surface area contributed by atoms with Crippen molar-refractivity contribution >= 4 is 11.7 Å². The Morgan fingerprint density at radius 1 is 0.935 bits per heavy atom. The molecule has 4 aromatic rings. The average Bonchev–Trinajstić information content (AvgIpc) is 3.22. The predicted molar refractivity (Wildman–Crippen MR) is 103 cm³/mol. The summed E-state index contributed by atoms with van der Waals surface area (Å²) in [5.74, 6) is 1.23. The molecule has 0 atom stereocenters. The highest BCUT2D eigenvalue weighted by Crippen LogP contribution is 2.32. The van der Waals surface area contributed by atoms with Crippen molar-refractivity contribution < 1.29 is 27.1 Å². The van der Waals surface area contributed by atoms with Gasteiger partial charge < -0.3 is 19.2 Å².